The monoisotopic (exact) mass is 374 g/mol. The molecule has 1 aromatic rings. The predicted octanol–water partition coefficient (Wildman–Crippen LogP) is 1.86. The lowest BCUT2D eigenvalue weighted by molar-refractivity contribution is -0.129. The lowest BCUT2D eigenvalue weighted by Gasteiger charge is -2.21. The summed E-state index contributed by atoms with van der Waals surface area (Å²) < 4.78 is 5.50. The first-order valence-electron chi connectivity index (χ1n) is 7.72. The molecule has 0 aromatic heterocycles. The molecule has 0 saturated carbocycles. The summed E-state index contributed by atoms with van der Waals surface area (Å²) in [5.74, 6) is 0.00852. The molecule has 1 aromatic carbocycles. The average molecular weight is 375 g/mol. The minimum atomic E-state index is -0.817. The van der Waals surface area contributed by atoms with Crippen LogP contribution in [0.2, 0.25) is 10.0 Å². The second-order valence-electron chi connectivity index (χ2n) is 5.68. The summed E-state index contributed by atoms with van der Waals surface area (Å²) in [6.07, 6.45) is -0.275. The Morgan fingerprint density at radius 1 is 1.46 bits per heavy atom. The number of aliphatic hydroxyl groups excluding tert-OH is 1. The van der Waals surface area contributed by atoms with Crippen molar-refractivity contribution in [3.05, 3.63) is 28.2 Å². The molecular weight excluding hydrogens is 355 g/mol. The van der Waals surface area contributed by atoms with Crippen LogP contribution in [0.5, 0.6) is 5.75 Å². The molecule has 2 amide bonds. The summed E-state index contributed by atoms with van der Waals surface area (Å²) in [5, 5.41) is 13.3. The van der Waals surface area contributed by atoms with Gasteiger partial charge in [0.15, 0.2) is 6.10 Å². The molecule has 1 aliphatic rings. The second-order valence-corrected chi connectivity index (χ2v) is 6.52. The minimum Gasteiger partial charge on any atom is -0.479 e. The van der Waals surface area contributed by atoms with Gasteiger partial charge in [-0.25, -0.2) is 0 Å². The van der Waals surface area contributed by atoms with Gasteiger partial charge in [-0.3, -0.25) is 9.59 Å². The van der Waals surface area contributed by atoms with Crippen molar-refractivity contribution in [2.75, 3.05) is 19.6 Å². The van der Waals surface area contributed by atoms with Crippen LogP contribution in [0.1, 0.15) is 19.8 Å². The van der Waals surface area contributed by atoms with Gasteiger partial charge >= 0.3 is 0 Å². The molecule has 1 aliphatic heterocycles. The third-order valence-corrected chi connectivity index (χ3v) is 4.21. The fourth-order valence-corrected chi connectivity index (χ4v) is 2.85. The zero-order valence-electron chi connectivity index (χ0n) is 13.3. The molecule has 0 radical (unpaired) electrons. The van der Waals surface area contributed by atoms with E-state index >= 15 is 0 Å². The van der Waals surface area contributed by atoms with E-state index in [1.54, 1.807) is 24.0 Å². The molecule has 2 rings (SSSR count). The molecule has 0 spiro atoms. The molecule has 1 heterocycles. The highest BCUT2D eigenvalue weighted by Crippen LogP contribution is 2.28. The number of aliphatic hydroxyl groups is 1. The van der Waals surface area contributed by atoms with Crippen LogP contribution in [0, 0.1) is 0 Å². The Hall–Kier alpha value is -1.50. The van der Waals surface area contributed by atoms with Gasteiger partial charge in [-0.1, -0.05) is 23.2 Å². The van der Waals surface area contributed by atoms with Crippen molar-refractivity contribution in [2.24, 2.45) is 0 Å². The summed E-state index contributed by atoms with van der Waals surface area (Å²) in [6, 6.07) is 4.73. The smallest absolute Gasteiger partial charge is 0.260 e. The summed E-state index contributed by atoms with van der Waals surface area (Å²) in [6.45, 7) is 2.50. The highest BCUT2D eigenvalue weighted by Gasteiger charge is 2.23. The van der Waals surface area contributed by atoms with Crippen LogP contribution in [0.25, 0.3) is 0 Å². The van der Waals surface area contributed by atoms with Gasteiger partial charge in [0.1, 0.15) is 5.75 Å². The first-order valence-corrected chi connectivity index (χ1v) is 8.47. The van der Waals surface area contributed by atoms with Gasteiger partial charge in [0.05, 0.1) is 11.1 Å². The fraction of sp³-hybridized carbons (Fsp3) is 0.500. The van der Waals surface area contributed by atoms with E-state index in [1.165, 1.54) is 6.07 Å². The highest BCUT2D eigenvalue weighted by atomic mass is 35.5. The molecule has 2 N–H and O–H groups in total. The minimum absolute atomic E-state index is 0.0365. The van der Waals surface area contributed by atoms with Crippen LogP contribution in [0.4, 0.5) is 0 Å². The highest BCUT2D eigenvalue weighted by molar-refractivity contribution is 6.35. The van der Waals surface area contributed by atoms with Crippen molar-refractivity contribution < 1.29 is 19.4 Å². The Bertz CT molecular complexity index is 612. The summed E-state index contributed by atoms with van der Waals surface area (Å²) in [7, 11) is 0. The molecule has 8 heteroatoms. The molecule has 0 aliphatic carbocycles. The number of nitrogens with one attached hydrogen (secondary N) is 1. The van der Waals surface area contributed by atoms with E-state index in [9.17, 15) is 14.7 Å². The maximum atomic E-state index is 12.0. The number of ether oxygens (including phenoxy) is 1. The number of amides is 2. The van der Waals surface area contributed by atoms with E-state index < -0.39 is 12.2 Å². The maximum Gasteiger partial charge on any atom is 0.260 e. The van der Waals surface area contributed by atoms with Crippen molar-refractivity contribution in [3.63, 3.8) is 0 Å². The van der Waals surface area contributed by atoms with E-state index in [0.717, 1.165) is 6.42 Å². The summed E-state index contributed by atoms with van der Waals surface area (Å²) in [5.41, 5.74) is 0. The molecule has 132 valence electrons. The van der Waals surface area contributed by atoms with Crippen LogP contribution < -0.4 is 10.1 Å². The SMILES string of the molecule is C[C@@H](Oc1ccc(Cl)cc1Cl)C(=O)NC[C@@H](O)CN1CCCC1=O. The lowest BCUT2D eigenvalue weighted by Crippen LogP contribution is -2.44. The van der Waals surface area contributed by atoms with Gasteiger partial charge < -0.3 is 20.1 Å². The van der Waals surface area contributed by atoms with Gasteiger partial charge in [-0.05, 0) is 31.5 Å². The largest absolute Gasteiger partial charge is 0.479 e. The number of carbonyl (C=O) groups is 2. The van der Waals surface area contributed by atoms with E-state index in [4.69, 9.17) is 27.9 Å². The number of likely N-dealkylation sites (tertiary alicyclic amines) is 1. The molecule has 0 bridgehead atoms. The third kappa shape index (κ3) is 5.26. The number of β-amino-alcohol motifs (C(OH)–C–C–N with tert-alkyl or cyclic N) is 1. The zero-order valence-corrected chi connectivity index (χ0v) is 14.8. The van der Waals surface area contributed by atoms with Gasteiger partial charge in [-0.2, -0.15) is 0 Å². The van der Waals surface area contributed by atoms with Crippen molar-refractivity contribution in [1.29, 1.82) is 0 Å². The number of benzene rings is 1. The second kappa shape index (κ2) is 8.55. The lowest BCUT2D eigenvalue weighted by atomic mass is 10.3. The predicted molar refractivity (Wildman–Crippen MR) is 91.4 cm³/mol. The third-order valence-electron chi connectivity index (χ3n) is 3.68. The normalized spacial score (nSPS) is 16.8. The molecule has 6 nitrogen and oxygen atoms in total. The number of carbonyl (C=O) groups excluding carboxylic acids is 2. The Labute approximate surface area is 150 Å². The quantitative estimate of drug-likeness (QED) is 0.763. The van der Waals surface area contributed by atoms with Crippen LogP contribution >= 0.6 is 23.2 Å². The number of nitrogens with zero attached hydrogens (tertiary/aromatic N) is 1. The van der Waals surface area contributed by atoms with Crippen molar-refractivity contribution in [3.8, 4) is 5.75 Å². The summed E-state index contributed by atoms with van der Waals surface area (Å²) in [4.78, 5) is 25.1. The van der Waals surface area contributed by atoms with E-state index in [2.05, 4.69) is 5.32 Å². The Morgan fingerprint density at radius 3 is 2.83 bits per heavy atom. The zero-order chi connectivity index (χ0) is 17.7. The number of rotatable bonds is 7. The van der Waals surface area contributed by atoms with Gasteiger partial charge in [0, 0.05) is 31.1 Å². The Kier molecular flexibility index (Phi) is 6.71. The number of hydrogen-bond donors (Lipinski definition) is 2. The number of halogens is 2. The molecular formula is C16H20Cl2N2O4. The molecule has 24 heavy (non-hydrogen) atoms. The van der Waals surface area contributed by atoms with Gasteiger partial charge in [-0.15, -0.1) is 0 Å². The van der Waals surface area contributed by atoms with Crippen molar-refractivity contribution in [2.45, 2.75) is 32.0 Å². The van der Waals surface area contributed by atoms with E-state index in [0.29, 0.717) is 28.8 Å². The van der Waals surface area contributed by atoms with E-state index in [-0.39, 0.29) is 24.9 Å². The van der Waals surface area contributed by atoms with Crippen LogP contribution in [0.15, 0.2) is 18.2 Å². The van der Waals surface area contributed by atoms with Gasteiger partial charge in [0.25, 0.3) is 5.91 Å². The molecule has 2 atom stereocenters. The van der Waals surface area contributed by atoms with Crippen LogP contribution in [-0.4, -0.2) is 53.7 Å². The first-order chi connectivity index (χ1) is 11.4. The Balaban J connectivity index is 1.77. The molecule has 1 saturated heterocycles. The standard InChI is InChI=1S/C16H20Cl2N2O4/c1-10(24-14-5-4-11(17)7-13(14)18)16(23)19-8-12(21)9-20-6-2-3-15(20)22/h4-5,7,10,12,21H,2-3,6,8-9H2,1H3,(H,19,23)/t10-,12-/m1/s1. The maximum absolute atomic E-state index is 12.0. The van der Waals surface area contributed by atoms with Gasteiger partial charge in [0.2, 0.25) is 5.91 Å². The topological polar surface area (TPSA) is 78.9 Å². The number of hydrogen-bond acceptors (Lipinski definition) is 4. The van der Waals surface area contributed by atoms with Crippen LogP contribution in [-0.2, 0) is 9.59 Å². The summed E-state index contributed by atoms with van der Waals surface area (Å²) >= 11 is 11.8. The Morgan fingerprint density at radius 2 is 2.21 bits per heavy atom. The average Bonchev–Trinajstić information content (AvgIpc) is 2.92. The van der Waals surface area contributed by atoms with E-state index in [1.807, 2.05) is 0 Å². The van der Waals surface area contributed by atoms with Crippen molar-refractivity contribution in [1.82, 2.24) is 10.2 Å². The first kappa shape index (κ1) is 18.8. The molecule has 1 fully saturated rings. The van der Waals surface area contributed by atoms with Crippen molar-refractivity contribution >= 4 is 35.0 Å². The van der Waals surface area contributed by atoms with Crippen LogP contribution in [0.3, 0.4) is 0 Å². The molecule has 0 unspecified atom stereocenters. The fourth-order valence-electron chi connectivity index (χ4n) is 2.39.